The first-order chi connectivity index (χ1) is 16.9. The monoisotopic (exact) mass is 492 g/mol. The van der Waals surface area contributed by atoms with E-state index >= 15 is 0 Å². The van der Waals surface area contributed by atoms with E-state index in [1.807, 2.05) is 80.6 Å². The summed E-state index contributed by atoms with van der Waals surface area (Å²) >= 11 is 6.03. The minimum Gasteiger partial charge on any atom is -0.497 e. The zero-order chi connectivity index (χ0) is 25.2. The van der Waals surface area contributed by atoms with Crippen molar-refractivity contribution in [3.63, 3.8) is 0 Å². The Balaban J connectivity index is 1.96. The lowest BCUT2D eigenvalue weighted by atomic mass is 10.0. The summed E-state index contributed by atoms with van der Waals surface area (Å²) in [6, 6.07) is 23.9. The van der Waals surface area contributed by atoms with E-state index in [4.69, 9.17) is 16.3 Å². The molecule has 0 aromatic heterocycles. The lowest BCUT2D eigenvalue weighted by Gasteiger charge is -2.32. The summed E-state index contributed by atoms with van der Waals surface area (Å²) in [4.78, 5) is 28.9. The molecule has 5 nitrogen and oxygen atoms in total. The van der Waals surface area contributed by atoms with Gasteiger partial charge in [0, 0.05) is 24.5 Å². The van der Waals surface area contributed by atoms with Gasteiger partial charge in [0.05, 0.1) is 13.5 Å². The maximum atomic E-state index is 13.7. The Morgan fingerprint density at radius 2 is 1.60 bits per heavy atom. The Kier molecular flexibility index (Phi) is 9.74. The second-order valence-electron chi connectivity index (χ2n) is 9.02. The number of nitrogens with zero attached hydrogens (tertiary/aromatic N) is 1. The summed E-state index contributed by atoms with van der Waals surface area (Å²) in [6.45, 7) is 4.93. The lowest BCUT2D eigenvalue weighted by Crippen LogP contribution is -2.51. The third-order valence-corrected chi connectivity index (χ3v) is 5.96. The van der Waals surface area contributed by atoms with Crippen LogP contribution in [0.15, 0.2) is 78.9 Å². The minimum atomic E-state index is -0.665. The molecule has 0 unspecified atom stereocenters. The van der Waals surface area contributed by atoms with Gasteiger partial charge < -0.3 is 15.0 Å². The highest BCUT2D eigenvalue weighted by Crippen LogP contribution is 2.20. The molecule has 0 aliphatic heterocycles. The summed E-state index contributed by atoms with van der Waals surface area (Å²) in [5, 5.41) is 3.66. The van der Waals surface area contributed by atoms with Crippen LogP contribution in [0.4, 0.5) is 0 Å². The SMILES string of the molecule is COc1cccc(CN(C(=O)Cc2ccc(Cl)cc2)[C@H](Cc2ccccc2)C(=O)NCC(C)C)c1. The molecule has 0 bridgehead atoms. The molecule has 0 spiro atoms. The average Bonchev–Trinajstić information content (AvgIpc) is 2.86. The largest absolute Gasteiger partial charge is 0.497 e. The quantitative estimate of drug-likeness (QED) is 0.395. The molecule has 0 heterocycles. The van der Waals surface area contributed by atoms with Crippen LogP contribution in [0.5, 0.6) is 5.75 Å². The predicted octanol–water partition coefficient (Wildman–Crippen LogP) is 5.30. The highest BCUT2D eigenvalue weighted by Gasteiger charge is 2.30. The van der Waals surface area contributed by atoms with Crippen molar-refractivity contribution in [1.29, 1.82) is 0 Å². The fourth-order valence-corrected chi connectivity index (χ4v) is 3.95. The minimum absolute atomic E-state index is 0.129. The van der Waals surface area contributed by atoms with Crippen LogP contribution in [-0.2, 0) is 29.0 Å². The Hall–Kier alpha value is -3.31. The van der Waals surface area contributed by atoms with Crippen LogP contribution >= 0.6 is 11.6 Å². The molecule has 0 saturated heterocycles. The second-order valence-corrected chi connectivity index (χ2v) is 9.46. The summed E-state index contributed by atoms with van der Waals surface area (Å²) in [5.74, 6) is 0.718. The van der Waals surface area contributed by atoms with Gasteiger partial charge in [-0.1, -0.05) is 80.0 Å². The van der Waals surface area contributed by atoms with Gasteiger partial charge in [-0.15, -0.1) is 0 Å². The van der Waals surface area contributed by atoms with E-state index < -0.39 is 6.04 Å². The normalized spacial score (nSPS) is 11.7. The Morgan fingerprint density at radius 3 is 2.26 bits per heavy atom. The molecular formula is C29H33ClN2O3. The summed E-state index contributed by atoms with van der Waals surface area (Å²) in [5.41, 5.74) is 2.73. The van der Waals surface area contributed by atoms with Crippen LogP contribution in [0.2, 0.25) is 5.02 Å². The number of carbonyl (C=O) groups is 2. The molecule has 0 radical (unpaired) electrons. The Morgan fingerprint density at radius 1 is 0.914 bits per heavy atom. The fraction of sp³-hybridized carbons (Fsp3) is 0.310. The molecule has 35 heavy (non-hydrogen) atoms. The van der Waals surface area contributed by atoms with E-state index in [0.29, 0.717) is 29.7 Å². The summed E-state index contributed by atoms with van der Waals surface area (Å²) < 4.78 is 5.38. The number of hydrogen-bond donors (Lipinski definition) is 1. The van der Waals surface area contributed by atoms with Crippen molar-refractivity contribution in [2.24, 2.45) is 5.92 Å². The molecule has 3 aromatic carbocycles. The topological polar surface area (TPSA) is 58.6 Å². The average molecular weight is 493 g/mol. The van der Waals surface area contributed by atoms with Gasteiger partial charge in [-0.05, 0) is 46.9 Å². The second kappa shape index (κ2) is 13.0. The first kappa shape index (κ1) is 26.3. The third kappa shape index (κ3) is 8.15. The van der Waals surface area contributed by atoms with Crippen molar-refractivity contribution in [1.82, 2.24) is 10.2 Å². The zero-order valence-corrected chi connectivity index (χ0v) is 21.3. The van der Waals surface area contributed by atoms with Crippen LogP contribution in [-0.4, -0.2) is 36.4 Å². The van der Waals surface area contributed by atoms with Crippen LogP contribution < -0.4 is 10.1 Å². The van der Waals surface area contributed by atoms with Crippen molar-refractivity contribution in [3.05, 3.63) is 101 Å². The number of hydrogen-bond acceptors (Lipinski definition) is 3. The van der Waals surface area contributed by atoms with Gasteiger partial charge in [-0.2, -0.15) is 0 Å². The number of methoxy groups -OCH3 is 1. The molecule has 3 rings (SSSR count). The number of ether oxygens (including phenoxy) is 1. The molecule has 0 aliphatic rings. The Labute approximate surface area is 213 Å². The smallest absolute Gasteiger partial charge is 0.243 e. The summed E-state index contributed by atoms with van der Waals surface area (Å²) in [6.07, 6.45) is 0.588. The lowest BCUT2D eigenvalue weighted by molar-refractivity contribution is -0.140. The molecule has 0 saturated carbocycles. The van der Waals surface area contributed by atoms with Crippen molar-refractivity contribution in [2.45, 2.75) is 39.3 Å². The van der Waals surface area contributed by atoms with Crippen LogP contribution in [0.25, 0.3) is 0 Å². The van der Waals surface area contributed by atoms with Gasteiger partial charge in [0.25, 0.3) is 0 Å². The Bertz CT molecular complexity index is 1100. The number of benzene rings is 3. The van der Waals surface area contributed by atoms with Gasteiger partial charge >= 0.3 is 0 Å². The number of rotatable bonds is 11. The van der Waals surface area contributed by atoms with E-state index in [2.05, 4.69) is 5.32 Å². The van der Waals surface area contributed by atoms with Crippen molar-refractivity contribution in [2.75, 3.05) is 13.7 Å². The standard InChI is InChI=1S/C29H33ClN2O3/c1-21(2)19-31-29(34)27(17-22-8-5-4-6-9-22)32(20-24-10-7-11-26(16-24)35-3)28(33)18-23-12-14-25(30)15-13-23/h4-16,21,27H,17-20H2,1-3H3,(H,31,34)/t27-/m1/s1. The van der Waals surface area contributed by atoms with Crippen LogP contribution in [0.1, 0.15) is 30.5 Å². The van der Waals surface area contributed by atoms with Crippen LogP contribution in [0.3, 0.4) is 0 Å². The number of halogens is 1. The first-order valence-corrected chi connectivity index (χ1v) is 12.2. The van der Waals surface area contributed by atoms with Gasteiger partial charge in [-0.25, -0.2) is 0 Å². The fourth-order valence-electron chi connectivity index (χ4n) is 3.82. The molecule has 6 heteroatoms. The van der Waals surface area contributed by atoms with E-state index in [1.165, 1.54) is 0 Å². The van der Waals surface area contributed by atoms with E-state index in [0.717, 1.165) is 16.7 Å². The van der Waals surface area contributed by atoms with Gasteiger partial charge in [0.15, 0.2) is 0 Å². The highest BCUT2D eigenvalue weighted by atomic mass is 35.5. The van der Waals surface area contributed by atoms with Gasteiger partial charge in [-0.3, -0.25) is 9.59 Å². The van der Waals surface area contributed by atoms with Crippen molar-refractivity contribution >= 4 is 23.4 Å². The molecular weight excluding hydrogens is 460 g/mol. The molecule has 0 aliphatic carbocycles. The molecule has 2 amide bonds. The maximum Gasteiger partial charge on any atom is 0.243 e. The number of carbonyl (C=O) groups excluding carboxylic acids is 2. The first-order valence-electron chi connectivity index (χ1n) is 11.8. The highest BCUT2D eigenvalue weighted by molar-refractivity contribution is 6.30. The number of amides is 2. The van der Waals surface area contributed by atoms with E-state index in [-0.39, 0.29) is 24.8 Å². The molecule has 184 valence electrons. The number of nitrogens with one attached hydrogen (secondary N) is 1. The van der Waals surface area contributed by atoms with E-state index in [9.17, 15) is 9.59 Å². The molecule has 1 atom stereocenters. The zero-order valence-electron chi connectivity index (χ0n) is 20.5. The van der Waals surface area contributed by atoms with Crippen molar-refractivity contribution in [3.8, 4) is 5.75 Å². The van der Waals surface area contributed by atoms with Crippen LogP contribution in [0, 0.1) is 5.92 Å². The molecule has 1 N–H and O–H groups in total. The summed E-state index contributed by atoms with van der Waals surface area (Å²) in [7, 11) is 1.61. The maximum absolute atomic E-state index is 13.7. The van der Waals surface area contributed by atoms with Gasteiger partial charge in [0.1, 0.15) is 11.8 Å². The van der Waals surface area contributed by atoms with Gasteiger partial charge in [0.2, 0.25) is 11.8 Å². The third-order valence-electron chi connectivity index (χ3n) is 5.71. The predicted molar refractivity (Wildman–Crippen MR) is 140 cm³/mol. The van der Waals surface area contributed by atoms with Crippen molar-refractivity contribution < 1.29 is 14.3 Å². The van der Waals surface area contributed by atoms with E-state index in [1.54, 1.807) is 24.1 Å². The molecule has 3 aromatic rings. The molecule has 0 fully saturated rings.